The number of amides is 2. The molecule has 0 bridgehead atoms. The zero-order chi connectivity index (χ0) is 19.1. The molecular formula is C18H25ClN6O3. The molecule has 9 nitrogen and oxygen atoms in total. The fourth-order valence-electron chi connectivity index (χ4n) is 2.95. The van der Waals surface area contributed by atoms with Crippen molar-refractivity contribution in [2.75, 3.05) is 25.1 Å². The van der Waals surface area contributed by atoms with Crippen LogP contribution in [0.5, 0.6) is 0 Å². The summed E-state index contributed by atoms with van der Waals surface area (Å²) in [6, 6.07) is 9.63. The van der Waals surface area contributed by atoms with Gasteiger partial charge in [-0.15, -0.1) is 17.5 Å². The molecule has 0 aliphatic carbocycles. The van der Waals surface area contributed by atoms with Crippen molar-refractivity contribution in [2.24, 2.45) is 11.1 Å². The molecule has 1 saturated heterocycles. The van der Waals surface area contributed by atoms with Gasteiger partial charge in [0.2, 0.25) is 17.8 Å². The molecule has 2 heterocycles. The largest absolute Gasteiger partial charge is 0.381 e. The third kappa shape index (κ3) is 5.51. The first-order valence-electron chi connectivity index (χ1n) is 8.91. The monoisotopic (exact) mass is 408 g/mol. The molecule has 10 heteroatoms. The summed E-state index contributed by atoms with van der Waals surface area (Å²) < 4.78 is 6.70. The van der Waals surface area contributed by atoms with Crippen molar-refractivity contribution in [2.45, 2.75) is 25.9 Å². The van der Waals surface area contributed by atoms with E-state index in [1.165, 1.54) is 11.0 Å². The van der Waals surface area contributed by atoms with Crippen LogP contribution in [0.4, 0.5) is 5.95 Å². The number of nitrogens with one attached hydrogen (secondary N) is 2. The topological polar surface area (TPSA) is 124 Å². The van der Waals surface area contributed by atoms with Gasteiger partial charge >= 0.3 is 0 Å². The number of aromatic nitrogens is 3. The zero-order valence-electron chi connectivity index (χ0n) is 15.5. The number of nitrogens with zero attached hydrogens (tertiary/aromatic N) is 3. The van der Waals surface area contributed by atoms with Crippen molar-refractivity contribution in [3.8, 4) is 0 Å². The van der Waals surface area contributed by atoms with Gasteiger partial charge in [0.15, 0.2) is 0 Å². The molecular weight excluding hydrogens is 384 g/mol. The SMILES string of the molecule is Cl.NCC1(C(=O)Nc2ncn(CC(=O)NCc3ccccc3)n2)CCOCC1. The molecule has 152 valence electrons. The van der Waals surface area contributed by atoms with Gasteiger partial charge in [-0.1, -0.05) is 30.3 Å². The molecule has 28 heavy (non-hydrogen) atoms. The van der Waals surface area contributed by atoms with Gasteiger partial charge in [-0.2, -0.15) is 0 Å². The van der Waals surface area contributed by atoms with Gasteiger partial charge < -0.3 is 15.8 Å². The fraction of sp³-hybridized carbons (Fsp3) is 0.444. The number of anilines is 1. The van der Waals surface area contributed by atoms with Crippen LogP contribution in [0.3, 0.4) is 0 Å². The Morgan fingerprint density at radius 3 is 2.61 bits per heavy atom. The molecule has 0 spiro atoms. The highest BCUT2D eigenvalue weighted by atomic mass is 35.5. The summed E-state index contributed by atoms with van der Waals surface area (Å²) in [6.45, 7) is 1.72. The fourth-order valence-corrected chi connectivity index (χ4v) is 2.95. The number of carbonyl (C=O) groups is 2. The molecule has 1 aliphatic heterocycles. The number of halogens is 1. The second kappa shape index (κ2) is 10.2. The maximum atomic E-state index is 12.6. The predicted molar refractivity (Wildman–Crippen MR) is 106 cm³/mol. The van der Waals surface area contributed by atoms with Gasteiger partial charge in [-0.3, -0.25) is 14.9 Å². The molecule has 1 aromatic heterocycles. The van der Waals surface area contributed by atoms with Crippen LogP contribution in [0, 0.1) is 5.41 Å². The third-order valence-electron chi connectivity index (χ3n) is 4.72. The first-order chi connectivity index (χ1) is 13.1. The lowest BCUT2D eigenvalue weighted by Gasteiger charge is -2.33. The van der Waals surface area contributed by atoms with Crippen LogP contribution in [-0.4, -0.2) is 46.3 Å². The summed E-state index contributed by atoms with van der Waals surface area (Å²) in [7, 11) is 0. The molecule has 3 rings (SSSR count). The minimum Gasteiger partial charge on any atom is -0.381 e. The molecule has 0 radical (unpaired) electrons. The van der Waals surface area contributed by atoms with Gasteiger partial charge in [0.25, 0.3) is 0 Å². The highest BCUT2D eigenvalue weighted by Crippen LogP contribution is 2.30. The number of nitrogens with two attached hydrogens (primary N) is 1. The average Bonchev–Trinajstić information content (AvgIpc) is 3.14. The standard InChI is InChI=1S/C18H24N6O3.ClH/c19-12-18(6-8-27-9-7-18)16(26)22-17-21-13-24(23-17)11-15(25)20-10-14-4-2-1-3-5-14;/h1-5,13H,6-12,19H2,(H,20,25)(H,22,23,26);1H. The first-order valence-corrected chi connectivity index (χ1v) is 8.91. The van der Waals surface area contributed by atoms with Crippen LogP contribution in [0.15, 0.2) is 36.7 Å². The van der Waals surface area contributed by atoms with Crippen molar-refractivity contribution < 1.29 is 14.3 Å². The Balaban J connectivity index is 0.00000280. The van der Waals surface area contributed by atoms with Gasteiger partial charge in [-0.25, -0.2) is 9.67 Å². The maximum Gasteiger partial charge on any atom is 0.248 e. The van der Waals surface area contributed by atoms with Gasteiger partial charge in [-0.05, 0) is 18.4 Å². The molecule has 4 N–H and O–H groups in total. The van der Waals surface area contributed by atoms with E-state index in [4.69, 9.17) is 10.5 Å². The van der Waals surface area contributed by atoms with Crippen molar-refractivity contribution in [3.63, 3.8) is 0 Å². The molecule has 1 aromatic carbocycles. The van der Waals surface area contributed by atoms with Crippen molar-refractivity contribution >= 4 is 30.2 Å². The number of ether oxygens (including phenoxy) is 1. The second-order valence-corrected chi connectivity index (χ2v) is 6.58. The molecule has 1 fully saturated rings. The van der Waals surface area contributed by atoms with E-state index in [0.717, 1.165) is 5.56 Å². The van der Waals surface area contributed by atoms with Crippen LogP contribution in [0.25, 0.3) is 0 Å². The minimum atomic E-state index is -0.656. The second-order valence-electron chi connectivity index (χ2n) is 6.58. The zero-order valence-corrected chi connectivity index (χ0v) is 16.3. The summed E-state index contributed by atoms with van der Waals surface area (Å²) in [5.74, 6) is -0.237. The molecule has 0 saturated carbocycles. The quantitative estimate of drug-likeness (QED) is 0.619. The minimum absolute atomic E-state index is 0. The number of carbonyl (C=O) groups excluding carboxylic acids is 2. The summed E-state index contributed by atoms with van der Waals surface area (Å²) in [5, 5.41) is 9.67. The Hall–Kier alpha value is -2.49. The van der Waals surface area contributed by atoms with Crippen LogP contribution in [0.2, 0.25) is 0 Å². The Morgan fingerprint density at radius 2 is 1.93 bits per heavy atom. The highest BCUT2D eigenvalue weighted by Gasteiger charge is 2.39. The van der Waals surface area contributed by atoms with E-state index in [-0.39, 0.29) is 43.3 Å². The van der Waals surface area contributed by atoms with Gasteiger partial charge in [0, 0.05) is 26.3 Å². The van der Waals surface area contributed by atoms with E-state index in [9.17, 15) is 9.59 Å². The highest BCUT2D eigenvalue weighted by molar-refractivity contribution is 5.94. The van der Waals surface area contributed by atoms with Crippen LogP contribution < -0.4 is 16.4 Å². The first kappa shape index (κ1) is 21.8. The van der Waals surface area contributed by atoms with Gasteiger partial charge in [0.05, 0.1) is 5.41 Å². The molecule has 1 aliphatic rings. The van der Waals surface area contributed by atoms with E-state index < -0.39 is 5.41 Å². The van der Waals surface area contributed by atoms with Crippen molar-refractivity contribution in [3.05, 3.63) is 42.2 Å². The lowest BCUT2D eigenvalue weighted by atomic mass is 9.79. The summed E-state index contributed by atoms with van der Waals surface area (Å²) >= 11 is 0. The number of benzene rings is 1. The van der Waals surface area contributed by atoms with E-state index in [1.807, 2.05) is 30.3 Å². The molecule has 0 unspecified atom stereocenters. The Kier molecular flexibility index (Phi) is 7.91. The lowest BCUT2D eigenvalue weighted by molar-refractivity contribution is -0.130. The van der Waals surface area contributed by atoms with Crippen LogP contribution in [-0.2, 0) is 27.4 Å². The average molecular weight is 409 g/mol. The van der Waals surface area contributed by atoms with Crippen molar-refractivity contribution in [1.82, 2.24) is 20.1 Å². The number of hydrogen-bond donors (Lipinski definition) is 3. The normalized spacial score (nSPS) is 15.3. The molecule has 0 atom stereocenters. The van der Waals surface area contributed by atoms with E-state index in [2.05, 4.69) is 20.7 Å². The number of rotatable bonds is 7. The summed E-state index contributed by atoms with van der Waals surface area (Å²) in [6.07, 6.45) is 2.55. The smallest absolute Gasteiger partial charge is 0.248 e. The Bertz CT molecular complexity index is 777. The maximum absolute atomic E-state index is 12.6. The lowest BCUT2D eigenvalue weighted by Crippen LogP contribution is -2.46. The van der Waals surface area contributed by atoms with Gasteiger partial charge in [0.1, 0.15) is 12.9 Å². The summed E-state index contributed by atoms with van der Waals surface area (Å²) in [4.78, 5) is 28.7. The van der Waals surface area contributed by atoms with E-state index in [1.54, 1.807) is 0 Å². The third-order valence-corrected chi connectivity index (χ3v) is 4.72. The van der Waals surface area contributed by atoms with Crippen LogP contribution >= 0.6 is 12.4 Å². The van der Waals surface area contributed by atoms with Crippen molar-refractivity contribution in [1.29, 1.82) is 0 Å². The van der Waals surface area contributed by atoms with Crippen LogP contribution in [0.1, 0.15) is 18.4 Å². The Labute approximate surface area is 169 Å². The van der Waals surface area contributed by atoms with E-state index >= 15 is 0 Å². The van der Waals surface area contributed by atoms with E-state index in [0.29, 0.717) is 32.6 Å². The predicted octanol–water partition coefficient (Wildman–Crippen LogP) is 0.710. The summed E-state index contributed by atoms with van der Waals surface area (Å²) in [5.41, 5.74) is 6.19. The molecule has 2 aromatic rings. The molecule has 2 amide bonds. The number of hydrogen-bond acceptors (Lipinski definition) is 6. The Morgan fingerprint density at radius 1 is 1.21 bits per heavy atom.